The molecule has 0 bridgehead atoms. The number of para-hydroxylation sites is 3. The maximum Gasteiger partial charge on any atom is 0.419 e. The zero-order valence-corrected chi connectivity index (χ0v) is 11.1. The molecule has 0 amide bonds. The highest BCUT2D eigenvalue weighted by Gasteiger charge is 2.33. The zero-order chi connectivity index (χ0) is 15.3. The first-order chi connectivity index (χ1) is 9.98. The Kier molecular flexibility index (Phi) is 4.57. The number of hydrogen-bond donors (Lipinski definition) is 1. The Morgan fingerprint density at radius 3 is 1.95 bits per heavy atom. The lowest BCUT2D eigenvalue weighted by atomic mass is 10.2. The van der Waals surface area contributed by atoms with Crippen LogP contribution in [0.3, 0.4) is 0 Å². The average molecular weight is 297 g/mol. The molecular formula is C15H14F3NO2. The van der Waals surface area contributed by atoms with Crippen LogP contribution in [0.5, 0.6) is 11.5 Å². The van der Waals surface area contributed by atoms with E-state index < -0.39 is 11.7 Å². The van der Waals surface area contributed by atoms with E-state index in [-0.39, 0.29) is 19.0 Å². The second kappa shape index (κ2) is 6.39. The summed E-state index contributed by atoms with van der Waals surface area (Å²) in [4.78, 5) is 0. The van der Waals surface area contributed by atoms with Crippen LogP contribution < -0.4 is 15.2 Å². The van der Waals surface area contributed by atoms with Gasteiger partial charge in [-0.05, 0) is 24.3 Å². The van der Waals surface area contributed by atoms with E-state index in [0.29, 0.717) is 11.4 Å². The van der Waals surface area contributed by atoms with Crippen molar-refractivity contribution < 1.29 is 22.6 Å². The molecule has 0 aliphatic carbocycles. The Bertz CT molecular complexity index is 599. The summed E-state index contributed by atoms with van der Waals surface area (Å²) >= 11 is 0. The molecule has 2 N–H and O–H groups in total. The summed E-state index contributed by atoms with van der Waals surface area (Å²) in [5.74, 6) is 0.264. The Labute approximate surface area is 120 Å². The molecule has 0 unspecified atom stereocenters. The predicted molar refractivity (Wildman–Crippen MR) is 73.3 cm³/mol. The van der Waals surface area contributed by atoms with Gasteiger partial charge in [0.2, 0.25) is 0 Å². The highest BCUT2D eigenvalue weighted by molar-refractivity contribution is 5.51. The first-order valence-electron chi connectivity index (χ1n) is 6.25. The van der Waals surface area contributed by atoms with Gasteiger partial charge in [0.1, 0.15) is 24.7 Å². The molecule has 0 saturated carbocycles. The Balaban J connectivity index is 1.91. The van der Waals surface area contributed by atoms with Gasteiger partial charge in [-0.25, -0.2) is 0 Å². The summed E-state index contributed by atoms with van der Waals surface area (Å²) in [6.07, 6.45) is -4.44. The van der Waals surface area contributed by atoms with Crippen molar-refractivity contribution in [1.29, 1.82) is 0 Å². The van der Waals surface area contributed by atoms with Crippen LogP contribution in [0.25, 0.3) is 0 Å². The van der Waals surface area contributed by atoms with Gasteiger partial charge in [-0.3, -0.25) is 0 Å². The molecule has 0 atom stereocenters. The molecule has 112 valence electrons. The number of anilines is 1. The van der Waals surface area contributed by atoms with E-state index in [0.717, 1.165) is 6.07 Å². The largest absolute Gasteiger partial charge is 0.489 e. The van der Waals surface area contributed by atoms with Crippen molar-refractivity contribution in [2.45, 2.75) is 6.18 Å². The third-order valence-corrected chi connectivity index (χ3v) is 2.71. The smallest absolute Gasteiger partial charge is 0.419 e. The standard InChI is InChI=1S/C15H14F3NO2/c16-15(17,18)11-5-1-3-7-13(11)20-9-10-21-14-8-4-2-6-12(14)19/h1-8H,9-10,19H2. The van der Waals surface area contributed by atoms with Gasteiger partial charge in [0.05, 0.1) is 11.3 Å². The molecule has 0 aromatic heterocycles. The second-order valence-corrected chi connectivity index (χ2v) is 4.23. The first kappa shape index (κ1) is 15.0. The lowest BCUT2D eigenvalue weighted by molar-refractivity contribution is -0.139. The van der Waals surface area contributed by atoms with Crippen molar-refractivity contribution in [3.63, 3.8) is 0 Å². The van der Waals surface area contributed by atoms with Crippen LogP contribution in [0.1, 0.15) is 5.56 Å². The fourth-order valence-corrected chi connectivity index (χ4v) is 1.74. The molecule has 0 aliphatic rings. The van der Waals surface area contributed by atoms with Gasteiger partial charge in [-0.2, -0.15) is 13.2 Å². The zero-order valence-electron chi connectivity index (χ0n) is 11.1. The van der Waals surface area contributed by atoms with E-state index >= 15 is 0 Å². The SMILES string of the molecule is Nc1ccccc1OCCOc1ccccc1C(F)(F)F. The van der Waals surface area contributed by atoms with Crippen molar-refractivity contribution in [2.24, 2.45) is 0 Å². The van der Waals surface area contributed by atoms with Crippen LogP contribution in [0.15, 0.2) is 48.5 Å². The quantitative estimate of drug-likeness (QED) is 0.675. The molecule has 2 rings (SSSR count). The van der Waals surface area contributed by atoms with Gasteiger partial charge in [-0.1, -0.05) is 24.3 Å². The van der Waals surface area contributed by atoms with Crippen molar-refractivity contribution in [2.75, 3.05) is 18.9 Å². The minimum Gasteiger partial charge on any atom is -0.489 e. The van der Waals surface area contributed by atoms with E-state index in [4.69, 9.17) is 15.2 Å². The Morgan fingerprint density at radius 2 is 1.33 bits per heavy atom. The number of benzene rings is 2. The lowest BCUT2D eigenvalue weighted by Gasteiger charge is -2.14. The van der Waals surface area contributed by atoms with E-state index in [1.807, 2.05) is 0 Å². The van der Waals surface area contributed by atoms with Crippen molar-refractivity contribution >= 4 is 5.69 Å². The van der Waals surface area contributed by atoms with Crippen molar-refractivity contribution in [1.82, 2.24) is 0 Å². The summed E-state index contributed by atoms with van der Waals surface area (Å²) in [6.45, 7) is 0.0852. The highest BCUT2D eigenvalue weighted by Crippen LogP contribution is 2.35. The molecule has 0 fully saturated rings. The van der Waals surface area contributed by atoms with Crippen LogP contribution in [0.2, 0.25) is 0 Å². The van der Waals surface area contributed by atoms with Gasteiger partial charge in [-0.15, -0.1) is 0 Å². The maximum absolute atomic E-state index is 12.7. The molecule has 21 heavy (non-hydrogen) atoms. The number of nitrogens with two attached hydrogens (primary N) is 1. The third-order valence-electron chi connectivity index (χ3n) is 2.71. The molecule has 0 saturated heterocycles. The predicted octanol–water partition coefficient (Wildman–Crippen LogP) is 3.75. The molecule has 6 heteroatoms. The summed E-state index contributed by atoms with van der Waals surface area (Å²) < 4.78 is 48.7. The van der Waals surface area contributed by atoms with Crippen LogP contribution in [0, 0.1) is 0 Å². The summed E-state index contributed by atoms with van der Waals surface area (Å²) in [7, 11) is 0. The number of alkyl halides is 3. The van der Waals surface area contributed by atoms with E-state index in [1.165, 1.54) is 18.2 Å². The van der Waals surface area contributed by atoms with Crippen molar-refractivity contribution in [3.05, 3.63) is 54.1 Å². The number of hydrogen-bond acceptors (Lipinski definition) is 3. The Morgan fingerprint density at radius 1 is 0.810 bits per heavy atom. The van der Waals surface area contributed by atoms with Gasteiger partial charge < -0.3 is 15.2 Å². The molecule has 2 aromatic carbocycles. The highest BCUT2D eigenvalue weighted by atomic mass is 19.4. The van der Waals surface area contributed by atoms with Crippen LogP contribution >= 0.6 is 0 Å². The molecule has 0 aliphatic heterocycles. The molecule has 2 aromatic rings. The monoisotopic (exact) mass is 297 g/mol. The number of halogens is 3. The van der Waals surface area contributed by atoms with Gasteiger partial charge in [0, 0.05) is 0 Å². The summed E-state index contributed by atoms with van der Waals surface area (Å²) in [6, 6.07) is 11.9. The lowest BCUT2D eigenvalue weighted by Crippen LogP contribution is -2.13. The number of rotatable bonds is 5. The van der Waals surface area contributed by atoms with E-state index in [1.54, 1.807) is 24.3 Å². The van der Waals surface area contributed by atoms with Crippen LogP contribution in [-0.2, 0) is 6.18 Å². The Hall–Kier alpha value is -2.37. The van der Waals surface area contributed by atoms with Crippen LogP contribution in [0.4, 0.5) is 18.9 Å². The molecule has 0 radical (unpaired) electrons. The second-order valence-electron chi connectivity index (χ2n) is 4.23. The van der Waals surface area contributed by atoms with E-state index in [2.05, 4.69) is 0 Å². The van der Waals surface area contributed by atoms with Gasteiger partial charge in [0.15, 0.2) is 0 Å². The topological polar surface area (TPSA) is 44.5 Å². The van der Waals surface area contributed by atoms with Gasteiger partial charge in [0.25, 0.3) is 0 Å². The average Bonchev–Trinajstić information content (AvgIpc) is 2.45. The minimum atomic E-state index is -4.44. The molecular weight excluding hydrogens is 283 g/mol. The van der Waals surface area contributed by atoms with Crippen LogP contribution in [-0.4, -0.2) is 13.2 Å². The van der Waals surface area contributed by atoms with Gasteiger partial charge >= 0.3 is 6.18 Å². The molecule has 0 spiro atoms. The molecule has 0 heterocycles. The molecule has 3 nitrogen and oxygen atoms in total. The third kappa shape index (κ3) is 4.05. The maximum atomic E-state index is 12.7. The minimum absolute atomic E-state index is 0.0125. The van der Waals surface area contributed by atoms with Crippen molar-refractivity contribution in [3.8, 4) is 11.5 Å². The number of ether oxygens (including phenoxy) is 2. The summed E-state index contributed by atoms with van der Waals surface area (Å²) in [5, 5.41) is 0. The first-order valence-corrected chi connectivity index (χ1v) is 6.25. The van der Waals surface area contributed by atoms with E-state index in [9.17, 15) is 13.2 Å². The fraction of sp³-hybridized carbons (Fsp3) is 0.200. The fourth-order valence-electron chi connectivity index (χ4n) is 1.74. The number of nitrogen functional groups attached to an aromatic ring is 1. The summed E-state index contributed by atoms with van der Waals surface area (Å²) in [5.41, 5.74) is 5.34. The normalized spacial score (nSPS) is 11.2.